The van der Waals surface area contributed by atoms with E-state index in [4.69, 9.17) is 5.73 Å². The Morgan fingerprint density at radius 2 is 2.27 bits per heavy atom. The summed E-state index contributed by atoms with van der Waals surface area (Å²) in [5.74, 6) is 0.0348. The van der Waals surface area contributed by atoms with Crippen molar-refractivity contribution in [3.63, 3.8) is 0 Å². The third-order valence-electron chi connectivity index (χ3n) is 3.19. The van der Waals surface area contributed by atoms with Gasteiger partial charge in [-0.05, 0) is 26.0 Å². The van der Waals surface area contributed by atoms with Crippen LogP contribution < -0.4 is 5.73 Å². The van der Waals surface area contributed by atoms with Crippen LogP contribution in [0.5, 0.6) is 0 Å². The molecule has 0 fully saturated rings. The minimum Gasteiger partial charge on any atom is -0.345 e. The van der Waals surface area contributed by atoms with Gasteiger partial charge in [-0.25, -0.2) is 0 Å². The predicted octanol–water partition coefficient (Wildman–Crippen LogP) is 0.658. The van der Waals surface area contributed by atoms with E-state index >= 15 is 0 Å². The lowest BCUT2D eigenvalue weighted by Crippen LogP contribution is -2.43. The van der Waals surface area contributed by atoms with Gasteiger partial charge >= 0.3 is 0 Å². The van der Waals surface area contributed by atoms with Crippen LogP contribution in [0.25, 0.3) is 0 Å². The molecular weight excluding hydrogens is 190 g/mol. The molecular formula is C11H17N3O. The van der Waals surface area contributed by atoms with Crippen LogP contribution in [0, 0.1) is 6.92 Å². The molecule has 1 unspecified atom stereocenters. The van der Waals surface area contributed by atoms with Crippen molar-refractivity contribution in [1.29, 1.82) is 0 Å². The molecule has 0 bridgehead atoms. The number of fused-ring (bicyclic) bond motifs is 1. The maximum absolute atomic E-state index is 11.6. The van der Waals surface area contributed by atoms with Crippen LogP contribution in [0.1, 0.15) is 24.4 Å². The number of hydrogen-bond donors (Lipinski definition) is 1. The number of carbonyl (C=O) groups excluding carboxylic acids is 1. The molecule has 2 N–H and O–H groups in total. The molecule has 0 aromatic carbocycles. The van der Waals surface area contributed by atoms with Gasteiger partial charge in [0.1, 0.15) is 0 Å². The highest BCUT2D eigenvalue weighted by Crippen LogP contribution is 2.26. The van der Waals surface area contributed by atoms with E-state index in [1.165, 1.54) is 11.4 Å². The zero-order valence-corrected chi connectivity index (χ0v) is 9.23. The van der Waals surface area contributed by atoms with Crippen LogP contribution in [0.15, 0.2) is 12.1 Å². The molecule has 0 saturated carbocycles. The summed E-state index contributed by atoms with van der Waals surface area (Å²) in [5.41, 5.74) is 7.86. The minimum atomic E-state index is 0.0348. The maximum Gasteiger partial charge on any atom is 0.236 e. The summed E-state index contributed by atoms with van der Waals surface area (Å²) in [6, 6.07) is 4.33. The number of aromatic nitrogens is 1. The number of amides is 1. The number of nitrogens with two attached hydrogens (primary N) is 1. The average Bonchev–Trinajstić information content (AvgIpc) is 2.61. The quantitative estimate of drug-likeness (QED) is 0.735. The van der Waals surface area contributed by atoms with Crippen LogP contribution in [-0.2, 0) is 11.3 Å². The van der Waals surface area contributed by atoms with Crippen LogP contribution in [0.4, 0.5) is 0 Å². The molecule has 1 amide bonds. The van der Waals surface area contributed by atoms with E-state index in [2.05, 4.69) is 30.5 Å². The molecule has 1 aromatic rings. The van der Waals surface area contributed by atoms with Crippen molar-refractivity contribution in [2.75, 3.05) is 13.1 Å². The predicted molar refractivity (Wildman–Crippen MR) is 58.4 cm³/mol. The maximum atomic E-state index is 11.6. The van der Waals surface area contributed by atoms with Crippen molar-refractivity contribution in [2.45, 2.75) is 26.4 Å². The lowest BCUT2D eigenvalue weighted by molar-refractivity contribution is -0.132. The SMILES string of the molecule is Cc1ccc2n1CCN(C(=O)CN)C2C. The van der Waals surface area contributed by atoms with E-state index in [0.29, 0.717) is 0 Å². The molecule has 1 aromatic heterocycles. The first-order valence-electron chi connectivity index (χ1n) is 5.30. The summed E-state index contributed by atoms with van der Waals surface area (Å²) >= 11 is 0. The largest absolute Gasteiger partial charge is 0.345 e. The average molecular weight is 207 g/mol. The molecule has 1 aliphatic heterocycles. The van der Waals surface area contributed by atoms with Crippen LogP contribution >= 0.6 is 0 Å². The van der Waals surface area contributed by atoms with Crippen molar-refractivity contribution in [3.8, 4) is 0 Å². The normalized spacial score (nSPS) is 20.2. The number of nitrogens with zero attached hydrogens (tertiary/aromatic N) is 2. The summed E-state index contributed by atoms with van der Waals surface area (Å²) in [6.45, 7) is 5.89. The first-order chi connectivity index (χ1) is 7.15. The first kappa shape index (κ1) is 10.2. The van der Waals surface area contributed by atoms with Gasteiger partial charge in [0.2, 0.25) is 5.91 Å². The fourth-order valence-corrected chi connectivity index (χ4v) is 2.28. The second-order valence-corrected chi connectivity index (χ2v) is 4.02. The summed E-state index contributed by atoms with van der Waals surface area (Å²) in [4.78, 5) is 13.4. The Bertz CT molecular complexity index is 383. The highest BCUT2D eigenvalue weighted by molar-refractivity contribution is 5.78. The third-order valence-corrected chi connectivity index (χ3v) is 3.19. The molecule has 1 aliphatic rings. The second-order valence-electron chi connectivity index (χ2n) is 4.02. The molecule has 0 aliphatic carbocycles. The third kappa shape index (κ3) is 1.55. The van der Waals surface area contributed by atoms with E-state index < -0.39 is 0 Å². The van der Waals surface area contributed by atoms with Gasteiger partial charge in [0.05, 0.1) is 12.6 Å². The van der Waals surface area contributed by atoms with E-state index in [0.717, 1.165) is 13.1 Å². The van der Waals surface area contributed by atoms with E-state index in [1.54, 1.807) is 0 Å². The Morgan fingerprint density at radius 3 is 2.93 bits per heavy atom. The molecule has 1 atom stereocenters. The minimum absolute atomic E-state index is 0.0348. The summed E-state index contributed by atoms with van der Waals surface area (Å²) in [6.07, 6.45) is 0. The molecule has 4 heteroatoms. The van der Waals surface area contributed by atoms with Gasteiger partial charge in [-0.15, -0.1) is 0 Å². The van der Waals surface area contributed by atoms with E-state index in [9.17, 15) is 4.79 Å². The van der Waals surface area contributed by atoms with Gasteiger partial charge in [-0.2, -0.15) is 0 Å². The lowest BCUT2D eigenvalue weighted by atomic mass is 10.1. The van der Waals surface area contributed by atoms with Crippen molar-refractivity contribution in [3.05, 3.63) is 23.5 Å². The Balaban J connectivity index is 2.30. The number of carbonyl (C=O) groups is 1. The monoisotopic (exact) mass is 207 g/mol. The van der Waals surface area contributed by atoms with Crippen LogP contribution in [0.3, 0.4) is 0 Å². The van der Waals surface area contributed by atoms with Gasteiger partial charge in [0.25, 0.3) is 0 Å². The van der Waals surface area contributed by atoms with Crippen molar-refractivity contribution in [1.82, 2.24) is 9.47 Å². The highest BCUT2D eigenvalue weighted by Gasteiger charge is 2.27. The van der Waals surface area contributed by atoms with Gasteiger partial charge in [-0.3, -0.25) is 4.79 Å². The van der Waals surface area contributed by atoms with Crippen molar-refractivity contribution >= 4 is 5.91 Å². The van der Waals surface area contributed by atoms with Crippen LogP contribution in [-0.4, -0.2) is 28.5 Å². The molecule has 0 spiro atoms. The highest BCUT2D eigenvalue weighted by atomic mass is 16.2. The van der Waals surface area contributed by atoms with Crippen molar-refractivity contribution in [2.24, 2.45) is 5.73 Å². The smallest absolute Gasteiger partial charge is 0.236 e. The number of hydrogen-bond acceptors (Lipinski definition) is 2. The van der Waals surface area contributed by atoms with Gasteiger partial charge in [-0.1, -0.05) is 0 Å². The number of rotatable bonds is 1. The van der Waals surface area contributed by atoms with Gasteiger partial charge < -0.3 is 15.2 Å². The Morgan fingerprint density at radius 1 is 1.53 bits per heavy atom. The zero-order valence-electron chi connectivity index (χ0n) is 9.23. The van der Waals surface area contributed by atoms with E-state index in [-0.39, 0.29) is 18.5 Å². The van der Waals surface area contributed by atoms with Gasteiger partial charge in [0, 0.05) is 24.5 Å². The molecule has 2 heterocycles. The molecule has 2 rings (SSSR count). The summed E-state index contributed by atoms with van der Waals surface area (Å²) in [5, 5.41) is 0. The molecule has 0 saturated heterocycles. The topological polar surface area (TPSA) is 51.3 Å². The fourth-order valence-electron chi connectivity index (χ4n) is 2.28. The molecule has 15 heavy (non-hydrogen) atoms. The van der Waals surface area contributed by atoms with Crippen LogP contribution in [0.2, 0.25) is 0 Å². The molecule has 82 valence electrons. The first-order valence-corrected chi connectivity index (χ1v) is 5.30. The molecule has 4 nitrogen and oxygen atoms in total. The summed E-state index contributed by atoms with van der Waals surface area (Å²) < 4.78 is 2.27. The van der Waals surface area contributed by atoms with Crippen molar-refractivity contribution < 1.29 is 4.79 Å². The molecule has 0 radical (unpaired) electrons. The Kier molecular flexibility index (Phi) is 2.52. The Labute approximate surface area is 89.7 Å². The lowest BCUT2D eigenvalue weighted by Gasteiger charge is -2.35. The standard InChI is InChI=1S/C11H17N3O/c1-8-3-4-10-9(2)14(11(15)7-12)6-5-13(8)10/h3-4,9H,5-7,12H2,1-2H3. The fraction of sp³-hybridized carbons (Fsp3) is 0.545. The zero-order chi connectivity index (χ0) is 11.0. The Hall–Kier alpha value is -1.29. The van der Waals surface area contributed by atoms with Gasteiger partial charge in [0.15, 0.2) is 0 Å². The summed E-state index contributed by atoms with van der Waals surface area (Å²) in [7, 11) is 0. The number of aryl methyl sites for hydroxylation is 1. The second kappa shape index (κ2) is 3.70. The van der Waals surface area contributed by atoms with E-state index in [1.807, 2.05) is 4.90 Å².